The molecule has 0 saturated heterocycles. The molecule has 0 aromatic rings. The van der Waals surface area contributed by atoms with E-state index in [1.807, 2.05) is 0 Å². The standard InChI is InChI=1S/C8H15.ClH.Hg/c1-3-5-7-8-6-4-2;;/h1,3H,4-8H2,2H3;1H;/q;;+1/p-1. The van der Waals surface area contributed by atoms with E-state index in [1.54, 1.807) is 0 Å². The zero-order valence-corrected chi connectivity index (χ0v) is 13.0. The zero-order chi connectivity index (χ0) is 6.95. The smallest absolute Gasteiger partial charge is 1.00 e. The van der Waals surface area contributed by atoms with E-state index in [2.05, 4.69) is 16.6 Å². The number of halogens is 1. The van der Waals surface area contributed by atoms with E-state index in [-0.39, 0.29) is 12.4 Å². The van der Waals surface area contributed by atoms with Crippen LogP contribution in [0.4, 0.5) is 0 Å². The van der Waals surface area contributed by atoms with Crippen LogP contribution in [0, 0.1) is 0 Å². The third-order valence-electron chi connectivity index (χ3n) is 1.39. The molecule has 0 radical (unpaired) electrons. The molecule has 0 spiro atoms. The van der Waals surface area contributed by atoms with Crippen LogP contribution in [0.25, 0.3) is 0 Å². The molecule has 0 heterocycles. The van der Waals surface area contributed by atoms with Gasteiger partial charge in [0.25, 0.3) is 0 Å². The Morgan fingerprint density at radius 2 is 1.90 bits per heavy atom. The molecule has 0 amide bonds. The van der Waals surface area contributed by atoms with Crippen LogP contribution in [-0.4, -0.2) is 0 Å². The van der Waals surface area contributed by atoms with Gasteiger partial charge in [-0.05, 0) is 0 Å². The summed E-state index contributed by atoms with van der Waals surface area (Å²) in [6, 6.07) is 0. The normalized spacial score (nSPS) is 9.90. The van der Waals surface area contributed by atoms with Gasteiger partial charge in [0.15, 0.2) is 0 Å². The van der Waals surface area contributed by atoms with Crippen LogP contribution in [-0.2, 0) is 26.1 Å². The van der Waals surface area contributed by atoms with Crippen molar-refractivity contribution in [2.24, 2.45) is 0 Å². The second kappa shape index (κ2) is 12.6. The Hall–Kier alpha value is 0.965. The van der Waals surface area contributed by atoms with Crippen molar-refractivity contribution in [3.05, 3.63) is 9.66 Å². The minimum Gasteiger partial charge on any atom is -1.00 e. The molecule has 0 bridgehead atoms. The molecular weight excluding hydrogens is 332 g/mol. The molecule has 10 heavy (non-hydrogen) atoms. The van der Waals surface area contributed by atoms with Gasteiger partial charge in [0.2, 0.25) is 0 Å². The largest absolute Gasteiger partial charge is 1.00 e. The first-order chi connectivity index (χ1) is 4.41. The predicted octanol–water partition coefficient (Wildman–Crippen LogP) is 0.0213. The summed E-state index contributed by atoms with van der Waals surface area (Å²) in [6.45, 7) is 2.26. The van der Waals surface area contributed by atoms with Gasteiger partial charge in [-0.1, -0.05) is 0 Å². The van der Waals surface area contributed by atoms with E-state index < -0.39 is 0 Å². The van der Waals surface area contributed by atoms with E-state index in [9.17, 15) is 0 Å². The Kier molecular flexibility index (Phi) is 17.1. The first-order valence-electron chi connectivity index (χ1n) is 3.86. The van der Waals surface area contributed by atoms with Gasteiger partial charge in [-0.2, -0.15) is 0 Å². The molecule has 0 aliphatic rings. The third-order valence-corrected chi connectivity index (χ3v) is 2.69. The Labute approximate surface area is 86.8 Å². The minimum absolute atomic E-state index is 0. The maximum atomic E-state index is 2.33. The fourth-order valence-electron chi connectivity index (χ4n) is 0.807. The number of hydrogen-bond donors (Lipinski definition) is 0. The number of hydrogen-bond acceptors (Lipinski definition) is 0. The summed E-state index contributed by atoms with van der Waals surface area (Å²) in [5.74, 6) is 0. The molecule has 0 nitrogen and oxygen atoms in total. The van der Waals surface area contributed by atoms with Crippen molar-refractivity contribution >= 4 is 0 Å². The maximum Gasteiger partial charge on any atom is -1.00 e. The molecule has 0 atom stereocenters. The van der Waals surface area contributed by atoms with Gasteiger partial charge in [0.1, 0.15) is 0 Å². The summed E-state index contributed by atoms with van der Waals surface area (Å²) < 4.78 is 2.33. The van der Waals surface area contributed by atoms with Crippen LogP contribution in [0.1, 0.15) is 39.0 Å². The van der Waals surface area contributed by atoms with E-state index in [0.29, 0.717) is 0 Å². The van der Waals surface area contributed by atoms with Gasteiger partial charge in [-0.25, -0.2) is 0 Å². The molecule has 0 rings (SSSR count). The van der Waals surface area contributed by atoms with Crippen LogP contribution in [0.3, 0.4) is 0 Å². The first kappa shape index (κ1) is 13.5. The van der Waals surface area contributed by atoms with Crippen molar-refractivity contribution in [2.45, 2.75) is 39.0 Å². The zero-order valence-electron chi connectivity index (χ0n) is 6.78. The van der Waals surface area contributed by atoms with Crippen molar-refractivity contribution in [1.82, 2.24) is 0 Å². The van der Waals surface area contributed by atoms with Crippen LogP contribution < -0.4 is 12.4 Å². The Morgan fingerprint density at radius 3 is 2.40 bits per heavy atom. The monoisotopic (exact) mass is 348 g/mol. The predicted molar refractivity (Wildman–Crippen MR) is 37.9 cm³/mol. The van der Waals surface area contributed by atoms with Gasteiger partial charge in [-0.3, -0.25) is 0 Å². The van der Waals surface area contributed by atoms with Crippen LogP contribution >= 0.6 is 0 Å². The van der Waals surface area contributed by atoms with Crippen LogP contribution in [0.5, 0.6) is 0 Å². The van der Waals surface area contributed by atoms with Crippen molar-refractivity contribution in [2.75, 3.05) is 0 Å². The Balaban J connectivity index is 0. The molecule has 0 saturated carbocycles. The van der Waals surface area contributed by atoms with E-state index in [4.69, 9.17) is 0 Å². The minimum atomic E-state index is 0. The molecule has 0 aliphatic heterocycles. The van der Waals surface area contributed by atoms with Gasteiger partial charge in [0.05, 0.1) is 0 Å². The van der Waals surface area contributed by atoms with Crippen molar-refractivity contribution in [3.8, 4) is 0 Å². The molecule has 0 aromatic heterocycles. The van der Waals surface area contributed by atoms with E-state index in [1.165, 1.54) is 32.1 Å². The molecule has 0 fully saturated rings. The fourth-order valence-corrected chi connectivity index (χ4v) is 1.72. The average Bonchev–Trinajstić information content (AvgIpc) is 1.89. The van der Waals surface area contributed by atoms with Gasteiger partial charge in [0, 0.05) is 0 Å². The maximum absolute atomic E-state index is 2.33. The molecule has 0 aliphatic carbocycles. The average molecular weight is 347 g/mol. The molecular formula is C8H15ClHg. The summed E-state index contributed by atoms with van der Waals surface area (Å²) in [4.78, 5) is 0. The van der Waals surface area contributed by atoms with Crippen LogP contribution in [0.15, 0.2) is 9.66 Å². The number of unbranched alkanes of at least 4 members (excludes halogenated alkanes) is 4. The Morgan fingerprint density at radius 1 is 1.20 bits per heavy atom. The molecule has 0 unspecified atom stereocenters. The number of rotatable bonds is 5. The van der Waals surface area contributed by atoms with Crippen molar-refractivity contribution < 1.29 is 38.5 Å². The molecule has 2 heteroatoms. The van der Waals surface area contributed by atoms with Gasteiger partial charge in [-0.15, -0.1) is 0 Å². The van der Waals surface area contributed by atoms with Crippen molar-refractivity contribution in [1.29, 1.82) is 0 Å². The number of allylic oxidation sites excluding steroid dienone is 1. The summed E-state index contributed by atoms with van der Waals surface area (Å²) in [5, 5.41) is 0. The SMILES string of the molecule is CCCCCC/C=[CH]/[Hg+].[Cl-]. The summed E-state index contributed by atoms with van der Waals surface area (Å²) in [5.41, 5.74) is 0. The topological polar surface area (TPSA) is 0 Å². The summed E-state index contributed by atoms with van der Waals surface area (Å²) >= 11 is 0.886. The van der Waals surface area contributed by atoms with Crippen molar-refractivity contribution in [3.63, 3.8) is 0 Å². The summed E-state index contributed by atoms with van der Waals surface area (Å²) in [7, 11) is 0. The van der Waals surface area contributed by atoms with E-state index in [0.717, 1.165) is 26.1 Å². The van der Waals surface area contributed by atoms with Gasteiger partial charge >= 0.3 is 74.8 Å². The quantitative estimate of drug-likeness (QED) is 0.486. The fraction of sp³-hybridized carbons (Fsp3) is 0.750. The van der Waals surface area contributed by atoms with E-state index >= 15 is 0 Å². The molecule has 56 valence electrons. The Bertz CT molecular complexity index is 71.7. The summed E-state index contributed by atoms with van der Waals surface area (Å²) in [6.07, 6.45) is 9.26. The molecule has 0 aromatic carbocycles. The van der Waals surface area contributed by atoms with Crippen LogP contribution in [0.2, 0.25) is 0 Å². The third kappa shape index (κ3) is 11.7. The second-order valence-electron chi connectivity index (χ2n) is 2.32. The van der Waals surface area contributed by atoms with Gasteiger partial charge < -0.3 is 12.4 Å². The first-order valence-corrected chi connectivity index (χ1v) is 7.03. The molecule has 0 N–H and O–H groups in total. The second-order valence-corrected chi connectivity index (χ2v) is 4.15.